The van der Waals surface area contributed by atoms with Crippen LogP contribution in [0, 0.1) is 17.0 Å². The van der Waals surface area contributed by atoms with Crippen molar-refractivity contribution in [1.29, 1.82) is 0 Å². The van der Waals surface area contributed by atoms with Crippen LogP contribution in [0.25, 0.3) is 22.3 Å². The van der Waals surface area contributed by atoms with E-state index in [-0.39, 0.29) is 47.4 Å². The van der Waals surface area contributed by atoms with Gasteiger partial charge in [-0.1, -0.05) is 48.0 Å². The summed E-state index contributed by atoms with van der Waals surface area (Å²) < 4.78 is 11.5. The Labute approximate surface area is 215 Å². The second-order valence-corrected chi connectivity index (χ2v) is 8.75. The minimum absolute atomic E-state index is 0.0246. The number of carbonyl (C=O) groups excluding carboxylic acids is 3. The maximum Gasteiger partial charge on any atom is 0.311 e. The first-order valence-corrected chi connectivity index (χ1v) is 11.7. The van der Waals surface area contributed by atoms with Crippen LogP contribution in [-0.2, 0) is 4.79 Å². The molecule has 0 N–H and O–H groups in total. The summed E-state index contributed by atoms with van der Waals surface area (Å²) in [5.41, 5.74) is 0.450. The predicted octanol–water partition coefficient (Wildman–Crippen LogP) is 4.66. The molecule has 0 saturated heterocycles. The third-order valence-electron chi connectivity index (χ3n) is 6.19. The van der Waals surface area contributed by atoms with Crippen LogP contribution in [0.1, 0.15) is 39.1 Å². The van der Waals surface area contributed by atoms with Gasteiger partial charge in [0, 0.05) is 24.6 Å². The van der Waals surface area contributed by atoms with Crippen LogP contribution in [0.3, 0.4) is 0 Å². The zero-order valence-electron chi connectivity index (χ0n) is 20.1. The lowest BCUT2D eigenvalue weighted by Gasteiger charge is -2.14. The fraction of sp³-hybridized carbons (Fsp3) is 0.143. The van der Waals surface area contributed by atoms with Crippen LogP contribution in [0.2, 0.25) is 0 Å². The smallest absolute Gasteiger partial charge is 0.311 e. The van der Waals surface area contributed by atoms with E-state index in [1.165, 1.54) is 12.1 Å². The first kappa shape index (κ1) is 24.6. The molecule has 1 aromatic heterocycles. The van der Waals surface area contributed by atoms with Gasteiger partial charge in [0.1, 0.15) is 11.1 Å². The molecule has 3 aromatic carbocycles. The van der Waals surface area contributed by atoms with Gasteiger partial charge in [-0.3, -0.25) is 34.2 Å². The Hall–Kier alpha value is -5.12. The minimum atomic E-state index is -0.789. The molecule has 2 amide bonds. The second-order valence-electron chi connectivity index (χ2n) is 8.75. The maximum absolute atomic E-state index is 13.3. The average Bonchev–Trinajstić information content (AvgIpc) is 3.15. The van der Waals surface area contributed by atoms with Crippen molar-refractivity contribution in [1.82, 2.24) is 4.90 Å². The number of hydrogen-bond donors (Lipinski definition) is 0. The highest BCUT2D eigenvalue weighted by atomic mass is 16.6. The van der Waals surface area contributed by atoms with Crippen molar-refractivity contribution in [2.24, 2.45) is 0 Å². The Bertz CT molecular complexity index is 1690. The van der Waals surface area contributed by atoms with Crippen molar-refractivity contribution in [3.63, 3.8) is 0 Å². The van der Waals surface area contributed by atoms with Gasteiger partial charge in [-0.25, -0.2) is 0 Å². The van der Waals surface area contributed by atoms with Gasteiger partial charge < -0.3 is 9.15 Å². The van der Waals surface area contributed by atoms with Crippen LogP contribution in [0.15, 0.2) is 75.9 Å². The van der Waals surface area contributed by atoms with Gasteiger partial charge in [0.2, 0.25) is 11.2 Å². The van der Waals surface area contributed by atoms with Crippen LogP contribution in [0.5, 0.6) is 5.75 Å². The van der Waals surface area contributed by atoms with Crippen LogP contribution in [0.4, 0.5) is 5.69 Å². The molecule has 0 spiro atoms. The summed E-state index contributed by atoms with van der Waals surface area (Å²) in [5, 5.41) is 11.5. The monoisotopic (exact) mass is 512 g/mol. The van der Waals surface area contributed by atoms with Gasteiger partial charge in [-0.15, -0.1) is 0 Å². The largest absolute Gasteiger partial charge is 0.452 e. The van der Waals surface area contributed by atoms with Crippen LogP contribution < -0.4 is 10.2 Å². The number of rotatable bonds is 7. The number of nitro benzene ring substituents is 1. The molecule has 38 heavy (non-hydrogen) atoms. The summed E-state index contributed by atoms with van der Waals surface area (Å²) in [6.07, 6.45) is -0.203. The summed E-state index contributed by atoms with van der Waals surface area (Å²) >= 11 is 0. The van der Waals surface area contributed by atoms with Gasteiger partial charge in [0.25, 0.3) is 17.5 Å². The molecule has 0 aliphatic carbocycles. The van der Waals surface area contributed by atoms with Gasteiger partial charge in [0.15, 0.2) is 5.76 Å². The highest BCUT2D eigenvalue weighted by Crippen LogP contribution is 2.32. The fourth-order valence-corrected chi connectivity index (χ4v) is 4.38. The second kappa shape index (κ2) is 9.74. The highest BCUT2D eigenvalue weighted by molar-refractivity contribution is 6.23. The van der Waals surface area contributed by atoms with E-state index in [1.54, 1.807) is 48.5 Å². The molecule has 1 aliphatic rings. The number of amides is 2. The van der Waals surface area contributed by atoms with Crippen molar-refractivity contribution < 1.29 is 28.5 Å². The summed E-state index contributed by atoms with van der Waals surface area (Å²) in [6.45, 7) is 1.67. The maximum atomic E-state index is 13.3. The number of imide groups is 1. The lowest BCUT2D eigenvalue weighted by atomic mass is 10.1. The predicted molar refractivity (Wildman–Crippen MR) is 136 cm³/mol. The molecule has 1 aliphatic heterocycles. The van der Waals surface area contributed by atoms with Crippen molar-refractivity contribution >= 4 is 34.4 Å². The zero-order valence-corrected chi connectivity index (χ0v) is 20.1. The quantitative estimate of drug-likeness (QED) is 0.151. The summed E-state index contributed by atoms with van der Waals surface area (Å²) in [4.78, 5) is 62.9. The van der Waals surface area contributed by atoms with E-state index in [2.05, 4.69) is 0 Å². The molecule has 10 nitrogen and oxygen atoms in total. The third kappa shape index (κ3) is 4.32. The normalized spacial score (nSPS) is 12.6. The highest BCUT2D eigenvalue weighted by Gasteiger charge is 2.40. The first-order valence-electron chi connectivity index (χ1n) is 11.7. The molecule has 4 aromatic rings. The van der Waals surface area contributed by atoms with Crippen molar-refractivity contribution in [3.8, 4) is 17.1 Å². The minimum Gasteiger partial charge on any atom is -0.452 e. The van der Waals surface area contributed by atoms with E-state index in [4.69, 9.17) is 9.15 Å². The molecule has 2 heterocycles. The number of nitro groups is 1. The summed E-state index contributed by atoms with van der Waals surface area (Å²) in [7, 11) is 0. The Kier molecular flexibility index (Phi) is 6.29. The first-order chi connectivity index (χ1) is 18.3. The molecular formula is C28H20N2O8. The van der Waals surface area contributed by atoms with E-state index in [0.29, 0.717) is 11.1 Å². The molecule has 0 saturated carbocycles. The summed E-state index contributed by atoms with van der Waals surface area (Å²) in [6, 6.07) is 17.7. The number of carbonyl (C=O) groups is 3. The molecule has 190 valence electrons. The number of benzene rings is 3. The van der Waals surface area contributed by atoms with E-state index in [9.17, 15) is 29.3 Å². The van der Waals surface area contributed by atoms with E-state index >= 15 is 0 Å². The van der Waals surface area contributed by atoms with Crippen molar-refractivity contribution in [2.45, 2.75) is 19.8 Å². The number of esters is 1. The molecule has 0 fully saturated rings. The number of nitrogens with zero attached hydrogens (tertiary/aromatic N) is 2. The average molecular weight is 512 g/mol. The molecule has 0 atom stereocenters. The summed E-state index contributed by atoms with van der Waals surface area (Å²) in [5.74, 6) is -2.37. The van der Waals surface area contributed by atoms with Gasteiger partial charge in [0.05, 0.1) is 15.9 Å². The zero-order chi connectivity index (χ0) is 27.0. The Morgan fingerprint density at radius 2 is 1.76 bits per heavy atom. The van der Waals surface area contributed by atoms with Crippen LogP contribution in [-0.4, -0.2) is 34.2 Å². The third-order valence-corrected chi connectivity index (χ3v) is 6.19. The number of ether oxygens (including phenoxy) is 1. The van der Waals surface area contributed by atoms with Crippen LogP contribution >= 0.6 is 0 Å². The Morgan fingerprint density at radius 1 is 1.00 bits per heavy atom. The van der Waals surface area contributed by atoms with Crippen molar-refractivity contribution in [3.05, 3.63) is 104 Å². The van der Waals surface area contributed by atoms with Gasteiger partial charge >= 0.3 is 5.97 Å². The lowest BCUT2D eigenvalue weighted by molar-refractivity contribution is -0.385. The Balaban J connectivity index is 1.35. The molecule has 5 rings (SSSR count). The standard InChI is InChI=1S/C28H20N2O8/c1-16-12-13-21-19(15-16)24(32)26(25(37-21)17-7-3-2-4-8-17)38-22(31)11-6-14-29-27(33)18-9-5-10-20(30(35)36)23(18)28(29)34/h2-5,7-10,12-13,15H,6,11,14H2,1H3. The SMILES string of the molecule is Cc1ccc2oc(-c3ccccc3)c(OC(=O)CCCN3C(=O)c4cccc([N+](=O)[O-])c4C3=O)c(=O)c2c1. The number of fused-ring (bicyclic) bond motifs is 2. The van der Waals surface area contributed by atoms with E-state index in [0.717, 1.165) is 16.5 Å². The van der Waals surface area contributed by atoms with E-state index < -0.39 is 33.8 Å². The number of hydrogen-bond acceptors (Lipinski definition) is 8. The van der Waals surface area contributed by atoms with Gasteiger partial charge in [-0.2, -0.15) is 0 Å². The molecule has 0 unspecified atom stereocenters. The molecule has 0 bridgehead atoms. The topological polar surface area (TPSA) is 137 Å². The van der Waals surface area contributed by atoms with Crippen molar-refractivity contribution in [2.75, 3.05) is 6.54 Å². The number of aryl methyl sites for hydroxylation is 1. The molecular weight excluding hydrogens is 492 g/mol. The van der Waals surface area contributed by atoms with E-state index in [1.807, 2.05) is 6.92 Å². The molecule has 10 heteroatoms. The fourth-order valence-electron chi connectivity index (χ4n) is 4.38. The Morgan fingerprint density at radius 3 is 2.50 bits per heavy atom. The lowest BCUT2D eigenvalue weighted by Crippen LogP contribution is -2.31. The van der Waals surface area contributed by atoms with Gasteiger partial charge in [-0.05, 0) is 31.5 Å². The molecule has 0 radical (unpaired) electrons.